The second-order valence-electron chi connectivity index (χ2n) is 4.01. The van der Waals surface area contributed by atoms with Gasteiger partial charge in [-0.05, 0) is 30.3 Å². The topological polar surface area (TPSA) is 50.9 Å². The predicted octanol–water partition coefficient (Wildman–Crippen LogP) is 3.29. The molecule has 0 unspecified atom stereocenters. The summed E-state index contributed by atoms with van der Waals surface area (Å²) < 4.78 is 37.6. The summed E-state index contributed by atoms with van der Waals surface area (Å²) in [5.74, 6) is 0. The van der Waals surface area contributed by atoms with Crippen molar-refractivity contribution in [2.45, 2.75) is 12.7 Å². The number of halogens is 3. The third kappa shape index (κ3) is 3.61. The monoisotopic (exact) mass is 267 g/mol. The van der Waals surface area contributed by atoms with Crippen LogP contribution in [0, 0.1) is 0 Å². The number of alkyl halides is 3. The van der Waals surface area contributed by atoms with Crippen LogP contribution in [0.1, 0.15) is 11.3 Å². The van der Waals surface area contributed by atoms with Gasteiger partial charge in [-0.15, -0.1) is 0 Å². The first kappa shape index (κ1) is 13.2. The van der Waals surface area contributed by atoms with Crippen molar-refractivity contribution in [3.63, 3.8) is 0 Å². The van der Waals surface area contributed by atoms with Crippen molar-refractivity contribution in [2.75, 3.05) is 11.1 Å². The first-order valence-electron chi connectivity index (χ1n) is 5.57. The smallest absolute Gasteiger partial charge is 0.399 e. The van der Waals surface area contributed by atoms with E-state index in [0.29, 0.717) is 23.6 Å². The summed E-state index contributed by atoms with van der Waals surface area (Å²) in [6.45, 7) is 0.312. The zero-order chi connectivity index (χ0) is 13.9. The van der Waals surface area contributed by atoms with Gasteiger partial charge in [-0.3, -0.25) is 4.98 Å². The van der Waals surface area contributed by atoms with Crippen molar-refractivity contribution in [1.29, 1.82) is 0 Å². The van der Waals surface area contributed by atoms with E-state index in [0.717, 1.165) is 12.1 Å². The normalized spacial score (nSPS) is 11.3. The van der Waals surface area contributed by atoms with Gasteiger partial charge in [-0.2, -0.15) is 13.2 Å². The van der Waals surface area contributed by atoms with Crippen LogP contribution in [-0.2, 0) is 12.7 Å². The second-order valence-corrected chi connectivity index (χ2v) is 4.01. The molecule has 100 valence electrons. The van der Waals surface area contributed by atoms with E-state index in [1.54, 1.807) is 24.4 Å². The molecule has 2 aromatic rings. The molecular formula is C13H12F3N3. The number of nitrogen functional groups attached to an aromatic ring is 1. The Morgan fingerprint density at radius 2 is 1.95 bits per heavy atom. The Labute approximate surface area is 108 Å². The van der Waals surface area contributed by atoms with Crippen molar-refractivity contribution in [3.05, 3.63) is 53.9 Å². The fourth-order valence-corrected chi connectivity index (χ4v) is 1.59. The Kier molecular flexibility index (Phi) is 3.59. The van der Waals surface area contributed by atoms with Gasteiger partial charge in [0.2, 0.25) is 0 Å². The highest BCUT2D eigenvalue weighted by Crippen LogP contribution is 2.30. The average Bonchev–Trinajstić information content (AvgIpc) is 2.36. The average molecular weight is 267 g/mol. The summed E-state index contributed by atoms with van der Waals surface area (Å²) >= 11 is 0. The van der Waals surface area contributed by atoms with E-state index in [-0.39, 0.29) is 0 Å². The third-order valence-electron chi connectivity index (χ3n) is 2.50. The van der Waals surface area contributed by atoms with Crippen LogP contribution in [0.4, 0.5) is 24.5 Å². The number of hydrogen-bond donors (Lipinski definition) is 2. The maximum Gasteiger partial charge on any atom is 0.416 e. The highest BCUT2D eigenvalue weighted by molar-refractivity contribution is 5.47. The summed E-state index contributed by atoms with van der Waals surface area (Å²) in [5, 5.41) is 2.88. The number of hydrogen-bond acceptors (Lipinski definition) is 3. The minimum Gasteiger partial charge on any atom is -0.399 e. The number of pyridine rings is 1. The van der Waals surface area contributed by atoms with Crippen molar-refractivity contribution in [3.8, 4) is 0 Å². The molecule has 0 fully saturated rings. The summed E-state index contributed by atoms with van der Waals surface area (Å²) in [7, 11) is 0. The summed E-state index contributed by atoms with van der Waals surface area (Å²) in [6.07, 6.45) is -2.79. The van der Waals surface area contributed by atoms with Gasteiger partial charge in [0.05, 0.1) is 17.8 Å². The number of benzene rings is 1. The Morgan fingerprint density at radius 1 is 1.16 bits per heavy atom. The lowest BCUT2D eigenvalue weighted by Gasteiger charge is -2.10. The van der Waals surface area contributed by atoms with Crippen molar-refractivity contribution < 1.29 is 13.2 Å². The minimum atomic E-state index is -4.34. The van der Waals surface area contributed by atoms with Crippen LogP contribution in [0.15, 0.2) is 42.6 Å². The van der Waals surface area contributed by atoms with Crippen LogP contribution in [-0.4, -0.2) is 4.98 Å². The molecule has 3 nitrogen and oxygen atoms in total. The van der Waals surface area contributed by atoms with Crippen molar-refractivity contribution >= 4 is 11.4 Å². The zero-order valence-corrected chi connectivity index (χ0v) is 9.91. The molecule has 0 atom stereocenters. The van der Waals surface area contributed by atoms with Gasteiger partial charge in [0.25, 0.3) is 0 Å². The molecule has 0 aliphatic heterocycles. The molecule has 1 heterocycles. The molecule has 0 bridgehead atoms. The molecule has 1 aromatic carbocycles. The van der Waals surface area contributed by atoms with E-state index in [9.17, 15) is 13.2 Å². The quantitative estimate of drug-likeness (QED) is 0.897. The first-order chi connectivity index (χ1) is 8.95. The van der Waals surface area contributed by atoms with Gasteiger partial charge in [0, 0.05) is 17.6 Å². The van der Waals surface area contributed by atoms with Gasteiger partial charge in [0.15, 0.2) is 0 Å². The Hall–Kier alpha value is -2.24. The summed E-state index contributed by atoms with van der Waals surface area (Å²) in [4.78, 5) is 4.06. The number of nitrogens with two attached hydrogens (primary N) is 1. The highest BCUT2D eigenvalue weighted by Gasteiger charge is 2.30. The van der Waals surface area contributed by atoms with Gasteiger partial charge in [-0.1, -0.05) is 6.07 Å². The molecule has 1 aromatic heterocycles. The van der Waals surface area contributed by atoms with Gasteiger partial charge >= 0.3 is 6.18 Å². The zero-order valence-electron chi connectivity index (χ0n) is 9.91. The molecule has 3 N–H and O–H groups in total. The SMILES string of the molecule is Nc1ccnc(CNc2cccc(C(F)(F)F)c2)c1. The van der Waals surface area contributed by atoms with Crippen LogP contribution in [0.3, 0.4) is 0 Å². The van der Waals surface area contributed by atoms with E-state index in [1.807, 2.05) is 0 Å². The van der Waals surface area contributed by atoms with E-state index in [2.05, 4.69) is 10.3 Å². The molecule has 0 aliphatic carbocycles. The number of nitrogens with one attached hydrogen (secondary N) is 1. The Balaban J connectivity index is 2.08. The summed E-state index contributed by atoms with van der Waals surface area (Å²) in [5.41, 5.74) is 6.53. The molecule has 6 heteroatoms. The van der Waals surface area contributed by atoms with Crippen molar-refractivity contribution in [2.24, 2.45) is 0 Å². The maximum atomic E-state index is 12.5. The van der Waals surface area contributed by atoms with Crippen LogP contribution in [0.25, 0.3) is 0 Å². The number of nitrogens with zero attached hydrogens (tertiary/aromatic N) is 1. The Morgan fingerprint density at radius 3 is 2.63 bits per heavy atom. The van der Waals surface area contributed by atoms with E-state index in [4.69, 9.17) is 5.73 Å². The highest BCUT2D eigenvalue weighted by atomic mass is 19.4. The number of aromatic nitrogens is 1. The molecular weight excluding hydrogens is 255 g/mol. The molecule has 19 heavy (non-hydrogen) atoms. The third-order valence-corrected chi connectivity index (χ3v) is 2.50. The maximum absolute atomic E-state index is 12.5. The van der Waals surface area contributed by atoms with Crippen LogP contribution in [0.2, 0.25) is 0 Å². The van der Waals surface area contributed by atoms with Crippen LogP contribution >= 0.6 is 0 Å². The first-order valence-corrected chi connectivity index (χ1v) is 5.57. The minimum absolute atomic E-state index is 0.312. The lowest BCUT2D eigenvalue weighted by Crippen LogP contribution is -2.07. The fraction of sp³-hybridized carbons (Fsp3) is 0.154. The Bertz CT molecular complexity index is 567. The largest absolute Gasteiger partial charge is 0.416 e. The van der Waals surface area contributed by atoms with Crippen LogP contribution in [0.5, 0.6) is 0 Å². The lowest BCUT2D eigenvalue weighted by atomic mass is 10.2. The molecule has 0 aliphatic rings. The number of rotatable bonds is 3. The lowest BCUT2D eigenvalue weighted by molar-refractivity contribution is -0.137. The molecule has 0 radical (unpaired) electrons. The van der Waals surface area contributed by atoms with E-state index in [1.165, 1.54) is 6.07 Å². The summed E-state index contributed by atoms with van der Waals surface area (Å²) in [6, 6.07) is 8.34. The van der Waals surface area contributed by atoms with E-state index >= 15 is 0 Å². The van der Waals surface area contributed by atoms with Crippen molar-refractivity contribution in [1.82, 2.24) is 4.98 Å². The fourth-order valence-electron chi connectivity index (χ4n) is 1.59. The predicted molar refractivity (Wildman–Crippen MR) is 67.4 cm³/mol. The van der Waals surface area contributed by atoms with Gasteiger partial charge < -0.3 is 11.1 Å². The standard InChI is InChI=1S/C13H12F3N3/c14-13(15,16)9-2-1-3-11(6-9)19-8-12-7-10(17)4-5-18-12/h1-7,19H,8H2,(H2,17,18). The molecule has 2 rings (SSSR count). The molecule has 0 amide bonds. The molecule has 0 spiro atoms. The second kappa shape index (κ2) is 5.17. The molecule has 0 saturated carbocycles. The van der Waals surface area contributed by atoms with E-state index < -0.39 is 11.7 Å². The molecule has 0 saturated heterocycles. The number of anilines is 2. The van der Waals surface area contributed by atoms with Gasteiger partial charge in [-0.25, -0.2) is 0 Å². The van der Waals surface area contributed by atoms with Crippen LogP contribution < -0.4 is 11.1 Å². The van der Waals surface area contributed by atoms with Gasteiger partial charge in [0.1, 0.15) is 0 Å².